The number of nitrogens with two attached hydrogens (primary N) is 1. The van der Waals surface area contributed by atoms with Crippen LogP contribution in [0.1, 0.15) is 27.0 Å². The lowest BCUT2D eigenvalue weighted by Gasteiger charge is -2.18. The molecule has 3 nitrogen and oxygen atoms in total. The minimum atomic E-state index is -0.0372. The van der Waals surface area contributed by atoms with Crippen molar-refractivity contribution in [1.29, 1.82) is 0 Å². The summed E-state index contributed by atoms with van der Waals surface area (Å²) in [6.07, 6.45) is 0. The van der Waals surface area contributed by atoms with Gasteiger partial charge in [-0.05, 0) is 50.2 Å². The Morgan fingerprint density at radius 2 is 1.52 bits per heavy atom. The van der Waals surface area contributed by atoms with Gasteiger partial charge in [0.05, 0.1) is 0 Å². The van der Waals surface area contributed by atoms with Gasteiger partial charge in [0.25, 0.3) is 5.91 Å². The van der Waals surface area contributed by atoms with E-state index in [1.165, 1.54) is 0 Å². The smallest absolute Gasteiger partial charge is 0.258 e. The topological polar surface area (TPSA) is 46.3 Å². The van der Waals surface area contributed by atoms with Crippen LogP contribution >= 0.6 is 12.2 Å². The van der Waals surface area contributed by atoms with Gasteiger partial charge in [0, 0.05) is 23.9 Å². The Morgan fingerprint density at radius 3 is 2.00 bits per heavy atom. The summed E-state index contributed by atoms with van der Waals surface area (Å²) < 4.78 is 0. The van der Waals surface area contributed by atoms with Crippen molar-refractivity contribution in [1.82, 2.24) is 0 Å². The number of benzene rings is 2. The van der Waals surface area contributed by atoms with Gasteiger partial charge in [-0.3, -0.25) is 4.79 Å². The zero-order chi connectivity index (χ0) is 15.6. The van der Waals surface area contributed by atoms with Crippen LogP contribution < -0.4 is 10.6 Å². The SMILES string of the molecule is Cc1cc(C)cc(C(=O)N(C)c2ccc(C(N)=S)cc2)c1. The van der Waals surface area contributed by atoms with Crippen molar-refractivity contribution in [3.63, 3.8) is 0 Å². The first kappa shape index (κ1) is 15.2. The van der Waals surface area contributed by atoms with Gasteiger partial charge in [-0.1, -0.05) is 29.4 Å². The van der Waals surface area contributed by atoms with Gasteiger partial charge in [-0.25, -0.2) is 0 Å². The molecule has 0 saturated carbocycles. The number of hydrogen-bond donors (Lipinski definition) is 1. The Kier molecular flexibility index (Phi) is 4.38. The third-order valence-electron chi connectivity index (χ3n) is 3.31. The number of rotatable bonds is 3. The largest absolute Gasteiger partial charge is 0.389 e. The molecule has 0 unspecified atom stereocenters. The molecule has 0 radical (unpaired) electrons. The van der Waals surface area contributed by atoms with E-state index >= 15 is 0 Å². The maximum absolute atomic E-state index is 12.5. The Morgan fingerprint density at radius 1 is 1.00 bits per heavy atom. The van der Waals surface area contributed by atoms with Gasteiger partial charge in [0.2, 0.25) is 0 Å². The lowest BCUT2D eigenvalue weighted by Crippen LogP contribution is -2.26. The molecule has 4 heteroatoms. The Balaban J connectivity index is 2.28. The first-order chi connectivity index (χ1) is 9.88. The molecule has 2 rings (SSSR count). The minimum absolute atomic E-state index is 0.0372. The molecule has 21 heavy (non-hydrogen) atoms. The second kappa shape index (κ2) is 6.06. The lowest BCUT2D eigenvalue weighted by molar-refractivity contribution is 0.0993. The predicted octanol–water partition coefficient (Wildman–Crippen LogP) is 3.21. The molecule has 0 aliphatic rings. The van der Waals surface area contributed by atoms with Crippen LogP contribution in [0.25, 0.3) is 0 Å². The van der Waals surface area contributed by atoms with Crippen LogP contribution in [0, 0.1) is 13.8 Å². The summed E-state index contributed by atoms with van der Waals surface area (Å²) in [5, 5.41) is 0. The fourth-order valence-electron chi connectivity index (χ4n) is 2.26. The van der Waals surface area contributed by atoms with Crippen molar-refractivity contribution >= 4 is 28.8 Å². The third kappa shape index (κ3) is 3.47. The fraction of sp³-hybridized carbons (Fsp3) is 0.176. The van der Waals surface area contributed by atoms with Gasteiger partial charge in [0.1, 0.15) is 4.99 Å². The van der Waals surface area contributed by atoms with E-state index in [1.54, 1.807) is 11.9 Å². The van der Waals surface area contributed by atoms with Crippen LogP contribution in [-0.2, 0) is 0 Å². The lowest BCUT2D eigenvalue weighted by atomic mass is 10.1. The van der Waals surface area contributed by atoms with Gasteiger partial charge < -0.3 is 10.6 Å². The molecule has 108 valence electrons. The maximum Gasteiger partial charge on any atom is 0.258 e. The number of amides is 1. The molecular weight excluding hydrogens is 280 g/mol. The fourth-order valence-corrected chi connectivity index (χ4v) is 2.39. The number of thiocarbonyl (C=S) groups is 1. The van der Waals surface area contributed by atoms with Crippen LogP contribution in [0.15, 0.2) is 42.5 Å². The first-order valence-electron chi connectivity index (χ1n) is 6.64. The van der Waals surface area contributed by atoms with Crippen LogP contribution in [0.3, 0.4) is 0 Å². The summed E-state index contributed by atoms with van der Waals surface area (Å²) in [7, 11) is 1.76. The van der Waals surface area contributed by atoms with E-state index in [-0.39, 0.29) is 5.91 Å². The van der Waals surface area contributed by atoms with Gasteiger partial charge in [-0.15, -0.1) is 0 Å². The van der Waals surface area contributed by atoms with Crippen LogP contribution in [0.5, 0.6) is 0 Å². The van der Waals surface area contributed by atoms with Crippen LogP contribution in [0.2, 0.25) is 0 Å². The predicted molar refractivity (Wildman–Crippen MR) is 91.0 cm³/mol. The highest BCUT2D eigenvalue weighted by atomic mass is 32.1. The molecule has 0 aromatic heterocycles. The van der Waals surface area contributed by atoms with Crippen molar-refractivity contribution in [2.45, 2.75) is 13.8 Å². The van der Waals surface area contributed by atoms with Crippen molar-refractivity contribution in [3.05, 3.63) is 64.7 Å². The molecule has 0 spiro atoms. The molecule has 0 fully saturated rings. The maximum atomic E-state index is 12.5. The Labute approximate surface area is 130 Å². The number of anilines is 1. The zero-order valence-corrected chi connectivity index (χ0v) is 13.2. The summed E-state index contributed by atoms with van der Waals surface area (Å²) in [6, 6.07) is 13.2. The van der Waals surface area contributed by atoms with E-state index in [0.29, 0.717) is 10.6 Å². The molecule has 2 N–H and O–H groups in total. The van der Waals surface area contributed by atoms with Crippen LogP contribution in [-0.4, -0.2) is 17.9 Å². The van der Waals surface area contributed by atoms with E-state index in [2.05, 4.69) is 0 Å². The van der Waals surface area contributed by atoms with Crippen molar-refractivity contribution in [3.8, 4) is 0 Å². The number of hydrogen-bond acceptors (Lipinski definition) is 2. The highest BCUT2D eigenvalue weighted by molar-refractivity contribution is 7.80. The van der Waals surface area contributed by atoms with Crippen molar-refractivity contribution < 1.29 is 4.79 Å². The molecule has 0 saturated heterocycles. The molecule has 0 aliphatic carbocycles. The average molecular weight is 298 g/mol. The Bertz CT molecular complexity index is 672. The number of nitrogens with zero attached hydrogens (tertiary/aromatic N) is 1. The van der Waals surface area contributed by atoms with E-state index < -0.39 is 0 Å². The molecule has 2 aromatic carbocycles. The second-order valence-electron chi connectivity index (χ2n) is 5.15. The summed E-state index contributed by atoms with van der Waals surface area (Å²) in [4.78, 5) is 14.5. The Hall–Kier alpha value is -2.20. The van der Waals surface area contributed by atoms with Gasteiger partial charge in [0.15, 0.2) is 0 Å². The molecule has 0 heterocycles. The summed E-state index contributed by atoms with van der Waals surface area (Å²) in [5.74, 6) is -0.0372. The molecular formula is C17H18N2OS. The summed E-state index contributed by atoms with van der Waals surface area (Å²) in [6.45, 7) is 3.97. The van der Waals surface area contributed by atoms with E-state index in [4.69, 9.17) is 18.0 Å². The molecule has 0 atom stereocenters. The van der Waals surface area contributed by atoms with Crippen LogP contribution in [0.4, 0.5) is 5.69 Å². The molecule has 1 amide bonds. The summed E-state index contributed by atoms with van der Waals surface area (Å²) >= 11 is 4.93. The molecule has 2 aromatic rings. The highest BCUT2D eigenvalue weighted by Crippen LogP contribution is 2.18. The monoisotopic (exact) mass is 298 g/mol. The standard InChI is InChI=1S/C17H18N2OS/c1-11-8-12(2)10-14(9-11)17(20)19(3)15-6-4-13(5-7-15)16(18)21/h4-10H,1-3H3,(H2,18,21). The first-order valence-corrected chi connectivity index (χ1v) is 7.05. The second-order valence-corrected chi connectivity index (χ2v) is 5.59. The third-order valence-corrected chi connectivity index (χ3v) is 3.55. The number of aryl methyl sites for hydroxylation is 2. The van der Waals surface area contributed by atoms with Crippen molar-refractivity contribution in [2.24, 2.45) is 5.73 Å². The molecule has 0 aliphatic heterocycles. The zero-order valence-electron chi connectivity index (χ0n) is 12.4. The molecule has 0 bridgehead atoms. The quantitative estimate of drug-likeness (QED) is 0.885. The van der Waals surface area contributed by atoms with E-state index in [1.807, 2.05) is 56.3 Å². The number of carbonyl (C=O) groups is 1. The number of carbonyl (C=O) groups excluding carboxylic acids is 1. The van der Waals surface area contributed by atoms with Crippen molar-refractivity contribution in [2.75, 3.05) is 11.9 Å². The van der Waals surface area contributed by atoms with Gasteiger partial charge in [-0.2, -0.15) is 0 Å². The normalized spacial score (nSPS) is 10.2. The average Bonchev–Trinajstić information content (AvgIpc) is 2.44. The van der Waals surface area contributed by atoms with E-state index in [0.717, 1.165) is 22.4 Å². The highest BCUT2D eigenvalue weighted by Gasteiger charge is 2.14. The van der Waals surface area contributed by atoms with Gasteiger partial charge >= 0.3 is 0 Å². The minimum Gasteiger partial charge on any atom is -0.389 e. The summed E-state index contributed by atoms with van der Waals surface area (Å²) in [5.41, 5.74) is 10.0. The van der Waals surface area contributed by atoms with E-state index in [9.17, 15) is 4.79 Å².